The van der Waals surface area contributed by atoms with Crippen LogP contribution in [0.3, 0.4) is 0 Å². The second-order valence-electron chi connectivity index (χ2n) is 5.38. The quantitative estimate of drug-likeness (QED) is 0.480. The Bertz CT molecular complexity index is 815. The van der Waals surface area contributed by atoms with Crippen LogP contribution in [0.15, 0.2) is 30.3 Å². The van der Waals surface area contributed by atoms with Crippen molar-refractivity contribution in [2.24, 2.45) is 0 Å². The SMILES string of the molecule is CCc1sc(C(=O)O[C@H](C)C(=O)Nc2ccccc2[N+](=O)[O-])cc1C. The number of benzene rings is 1. The minimum absolute atomic E-state index is 0.0561. The van der Waals surface area contributed by atoms with Gasteiger partial charge < -0.3 is 10.1 Å². The highest BCUT2D eigenvalue weighted by molar-refractivity contribution is 7.14. The third-order valence-electron chi connectivity index (χ3n) is 3.55. The Morgan fingerprint density at radius 2 is 2.04 bits per heavy atom. The Labute approximate surface area is 148 Å². The molecule has 1 aromatic carbocycles. The Hall–Kier alpha value is -2.74. The molecule has 0 spiro atoms. The molecule has 0 bridgehead atoms. The highest BCUT2D eigenvalue weighted by Gasteiger charge is 2.23. The molecule has 0 aliphatic carbocycles. The fraction of sp³-hybridized carbons (Fsp3) is 0.294. The van der Waals surface area contributed by atoms with E-state index in [1.54, 1.807) is 12.1 Å². The first-order chi connectivity index (χ1) is 11.8. The highest BCUT2D eigenvalue weighted by Crippen LogP contribution is 2.25. The molecule has 0 saturated carbocycles. The topological polar surface area (TPSA) is 98.5 Å². The summed E-state index contributed by atoms with van der Waals surface area (Å²) in [6.45, 7) is 5.33. The molecule has 1 amide bonds. The second-order valence-corrected chi connectivity index (χ2v) is 6.52. The van der Waals surface area contributed by atoms with Crippen LogP contribution in [0.25, 0.3) is 0 Å². The van der Waals surface area contributed by atoms with Crippen molar-refractivity contribution in [2.45, 2.75) is 33.3 Å². The average Bonchev–Trinajstić information content (AvgIpc) is 2.96. The second kappa shape index (κ2) is 7.89. The fourth-order valence-corrected chi connectivity index (χ4v) is 3.21. The lowest BCUT2D eigenvalue weighted by atomic mass is 10.2. The molecular weight excluding hydrogens is 344 g/mol. The van der Waals surface area contributed by atoms with Crippen LogP contribution in [-0.2, 0) is 16.0 Å². The van der Waals surface area contributed by atoms with Crippen LogP contribution in [0.2, 0.25) is 0 Å². The molecule has 2 rings (SSSR count). The summed E-state index contributed by atoms with van der Waals surface area (Å²) in [5, 5.41) is 13.4. The number of carbonyl (C=O) groups excluding carboxylic acids is 2. The number of nitrogens with one attached hydrogen (secondary N) is 1. The summed E-state index contributed by atoms with van der Waals surface area (Å²) in [5.41, 5.74) is 0.841. The number of nitro groups is 1. The Morgan fingerprint density at radius 1 is 1.36 bits per heavy atom. The Kier molecular flexibility index (Phi) is 5.87. The smallest absolute Gasteiger partial charge is 0.349 e. The number of carbonyl (C=O) groups is 2. The number of thiophene rings is 1. The van der Waals surface area contributed by atoms with Crippen LogP contribution in [0.4, 0.5) is 11.4 Å². The molecule has 0 unspecified atom stereocenters. The maximum atomic E-state index is 12.2. The number of aryl methyl sites for hydroxylation is 2. The van der Waals surface area contributed by atoms with Gasteiger partial charge in [0.2, 0.25) is 0 Å². The van der Waals surface area contributed by atoms with E-state index in [0.29, 0.717) is 4.88 Å². The molecule has 2 aromatic rings. The number of amides is 1. The van der Waals surface area contributed by atoms with Crippen molar-refractivity contribution in [1.82, 2.24) is 0 Å². The van der Waals surface area contributed by atoms with E-state index in [1.807, 2.05) is 13.8 Å². The average molecular weight is 362 g/mol. The van der Waals surface area contributed by atoms with E-state index >= 15 is 0 Å². The van der Waals surface area contributed by atoms with Crippen LogP contribution in [0.5, 0.6) is 0 Å². The normalized spacial score (nSPS) is 11.6. The van der Waals surface area contributed by atoms with Gasteiger partial charge >= 0.3 is 5.97 Å². The number of nitro benzene ring substituents is 1. The molecule has 0 aliphatic rings. The summed E-state index contributed by atoms with van der Waals surface area (Å²) >= 11 is 1.34. The minimum atomic E-state index is -1.08. The molecule has 7 nitrogen and oxygen atoms in total. The lowest BCUT2D eigenvalue weighted by Gasteiger charge is -2.13. The Balaban J connectivity index is 2.05. The van der Waals surface area contributed by atoms with Crippen LogP contribution in [0.1, 0.15) is 34.0 Å². The van der Waals surface area contributed by atoms with E-state index in [-0.39, 0.29) is 11.4 Å². The molecule has 1 N–H and O–H groups in total. The van der Waals surface area contributed by atoms with Gasteiger partial charge in [0.1, 0.15) is 10.6 Å². The number of esters is 1. The third-order valence-corrected chi connectivity index (χ3v) is 4.92. The summed E-state index contributed by atoms with van der Waals surface area (Å²) in [5.74, 6) is -1.22. The predicted molar refractivity (Wildman–Crippen MR) is 95.0 cm³/mol. The minimum Gasteiger partial charge on any atom is -0.448 e. The van der Waals surface area contributed by atoms with E-state index in [0.717, 1.165) is 16.9 Å². The highest BCUT2D eigenvalue weighted by atomic mass is 32.1. The zero-order chi connectivity index (χ0) is 18.6. The van der Waals surface area contributed by atoms with Crippen molar-refractivity contribution in [3.05, 3.63) is 55.8 Å². The molecule has 0 aliphatic heterocycles. The third kappa shape index (κ3) is 4.42. The molecule has 1 atom stereocenters. The first-order valence-corrected chi connectivity index (χ1v) is 8.49. The maximum Gasteiger partial charge on any atom is 0.349 e. The van der Waals surface area contributed by atoms with Crippen LogP contribution in [0, 0.1) is 17.0 Å². The van der Waals surface area contributed by atoms with Crippen LogP contribution >= 0.6 is 11.3 Å². The zero-order valence-corrected chi connectivity index (χ0v) is 14.9. The zero-order valence-electron chi connectivity index (χ0n) is 14.1. The lowest BCUT2D eigenvalue weighted by molar-refractivity contribution is -0.383. The maximum absolute atomic E-state index is 12.2. The first-order valence-electron chi connectivity index (χ1n) is 7.68. The van der Waals surface area contributed by atoms with Crippen LogP contribution in [-0.4, -0.2) is 22.9 Å². The van der Waals surface area contributed by atoms with Gasteiger partial charge in [-0.1, -0.05) is 19.1 Å². The number of hydrogen-bond donors (Lipinski definition) is 1. The number of nitrogens with zero attached hydrogens (tertiary/aromatic N) is 1. The van der Waals surface area contributed by atoms with E-state index < -0.39 is 22.9 Å². The molecule has 0 radical (unpaired) electrons. The molecular formula is C17H18N2O5S. The number of hydrogen-bond acceptors (Lipinski definition) is 6. The van der Waals surface area contributed by atoms with Gasteiger partial charge in [0.15, 0.2) is 6.10 Å². The predicted octanol–water partition coefficient (Wildman–Crippen LogP) is 3.71. The lowest BCUT2D eigenvalue weighted by Crippen LogP contribution is -2.30. The molecule has 1 heterocycles. The number of rotatable bonds is 6. The molecule has 0 fully saturated rings. The number of ether oxygens (including phenoxy) is 1. The van der Waals surface area contributed by atoms with Gasteiger partial charge in [-0.05, 0) is 38.0 Å². The van der Waals surface area contributed by atoms with Gasteiger partial charge in [0, 0.05) is 10.9 Å². The molecule has 132 valence electrons. The van der Waals surface area contributed by atoms with Gasteiger partial charge in [-0.3, -0.25) is 14.9 Å². The van der Waals surface area contributed by atoms with E-state index in [9.17, 15) is 19.7 Å². The molecule has 0 saturated heterocycles. The van der Waals surface area contributed by atoms with E-state index in [4.69, 9.17) is 4.74 Å². The molecule has 8 heteroatoms. The summed E-state index contributed by atoms with van der Waals surface area (Å²) in [6, 6.07) is 7.51. The monoisotopic (exact) mass is 362 g/mol. The number of anilines is 1. The summed E-state index contributed by atoms with van der Waals surface area (Å²) in [4.78, 5) is 36.2. The van der Waals surface area contributed by atoms with Gasteiger partial charge in [0.25, 0.3) is 11.6 Å². The van der Waals surface area contributed by atoms with Crippen molar-refractivity contribution in [3.63, 3.8) is 0 Å². The van der Waals surface area contributed by atoms with E-state index in [1.165, 1.54) is 36.5 Å². The fourth-order valence-electron chi connectivity index (χ4n) is 2.22. The van der Waals surface area contributed by atoms with Gasteiger partial charge in [-0.25, -0.2) is 4.79 Å². The summed E-state index contributed by atoms with van der Waals surface area (Å²) in [7, 11) is 0. The van der Waals surface area contributed by atoms with Crippen molar-refractivity contribution < 1.29 is 19.2 Å². The first kappa shape index (κ1) is 18.6. The van der Waals surface area contributed by atoms with Gasteiger partial charge in [-0.2, -0.15) is 0 Å². The molecule has 25 heavy (non-hydrogen) atoms. The Morgan fingerprint density at radius 3 is 2.64 bits per heavy atom. The van der Waals surface area contributed by atoms with Crippen molar-refractivity contribution >= 4 is 34.6 Å². The van der Waals surface area contributed by atoms with Gasteiger partial charge in [-0.15, -0.1) is 11.3 Å². The van der Waals surface area contributed by atoms with Crippen molar-refractivity contribution in [2.75, 3.05) is 5.32 Å². The van der Waals surface area contributed by atoms with Crippen molar-refractivity contribution in [3.8, 4) is 0 Å². The largest absolute Gasteiger partial charge is 0.448 e. The van der Waals surface area contributed by atoms with Crippen molar-refractivity contribution in [1.29, 1.82) is 0 Å². The van der Waals surface area contributed by atoms with Crippen LogP contribution < -0.4 is 5.32 Å². The summed E-state index contributed by atoms with van der Waals surface area (Å²) < 4.78 is 5.17. The molecule has 1 aromatic heterocycles. The standard InChI is InChI=1S/C17H18N2O5S/c1-4-14-10(2)9-15(25-14)17(21)24-11(3)16(20)18-12-7-5-6-8-13(12)19(22)23/h5-9,11H,4H2,1-3H3,(H,18,20)/t11-/m1/s1. The van der Waals surface area contributed by atoms with E-state index in [2.05, 4.69) is 5.32 Å². The van der Waals surface area contributed by atoms with Gasteiger partial charge in [0.05, 0.1) is 4.92 Å². The summed E-state index contributed by atoms with van der Waals surface area (Å²) in [6.07, 6.45) is -0.267. The number of para-hydroxylation sites is 2.